The number of hydrogen-bond donors (Lipinski definition) is 2. The molecule has 2 saturated heterocycles. The Kier molecular flexibility index (Phi) is 8.08. The molecule has 2 aliphatic rings. The van der Waals surface area contributed by atoms with Crippen molar-refractivity contribution < 1.29 is 4.79 Å². The SMILES string of the molecule is CN=C(NCc1ccc(N2CCNC(=O)C2)cc1)N1CCSC(C)(C)C1.I. The van der Waals surface area contributed by atoms with Gasteiger partial charge in [-0.25, -0.2) is 0 Å². The number of hydrogen-bond acceptors (Lipinski definition) is 4. The van der Waals surface area contributed by atoms with E-state index in [1.165, 1.54) is 5.56 Å². The maximum Gasteiger partial charge on any atom is 0.239 e. The summed E-state index contributed by atoms with van der Waals surface area (Å²) in [6.45, 7) is 9.37. The van der Waals surface area contributed by atoms with Crippen LogP contribution in [0.15, 0.2) is 29.3 Å². The first-order valence-electron chi connectivity index (χ1n) is 9.17. The molecule has 2 N–H and O–H groups in total. The minimum Gasteiger partial charge on any atom is -0.360 e. The molecule has 0 spiro atoms. The molecule has 3 rings (SSSR count). The topological polar surface area (TPSA) is 60.0 Å². The third-order valence-corrected chi connectivity index (χ3v) is 6.02. The number of halogens is 1. The van der Waals surface area contributed by atoms with Gasteiger partial charge in [0.2, 0.25) is 5.91 Å². The van der Waals surface area contributed by atoms with E-state index >= 15 is 0 Å². The third-order valence-electron chi connectivity index (χ3n) is 4.73. The molecule has 150 valence electrons. The van der Waals surface area contributed by atoms with Crippen LogP contribution in [0.3, 0.4) is 0 Å². The van der Waals surface area contributed by atoms with E-state index in [9.17, 15) is 4.79 Å². The minimum atomic E-state index is 0. The van der Waals surface area contributed by atoms with E-state index in [2.05, 4.69) is 63.5 Å². The molecule has 27 heavy (non-hydrogen) atoms. The van der Waals surface area contributed by atoms with Crippen LogP contribution in [0.1, 0.15) is 19.4 Å². The van der Waals surface area contributed by atoms with Crippen LogP contribution in [0.4, 0.5) is 5.69 Å². The zero-order valence-electron chi connectivity index (χ0n) is 16.3. The van der Waals surface area contributed by atoms with Crippen molar-refractivity contribution in [3.05, 3.63) is 29.8 Å². The van der Waals surface area contributed by atoms with E-state index in [1.807, 2.05) is 18.8 Å². The fourth-order valence-electron chi connectivity index (χ4n) is 3.39. The second-order valence-electron chi connectivity index (χ2n) is 7.37. The number of aliphatic imine (C=N–C) groups is 1. The highest BCUT2D eigenvalue weighted by Crippen LogP contribution is 2.29. The largest absolute Gasteiger partial charge is 0.360 e. The first kappa shape index (κ1) is 22.1. The normalized spacial score (nSPS) is 20.0. The summed E-state index contributed by atoms with van der Waals surface area (Å²) < 4.78 is 0.262. The maximum absolute atomic E-state index is 11.5. The molecule has 2 fully saturated rings. The molecule has 1 amide bonds. The van der Waals surface area contributed by atoms with Crippen LogP contribution >= 0.6 is 35.7 Å². The van der Waals surface area contributed by atoms with Crippen LogP contribution in [-0.4, -0.2) is 67.0 Å². The summed E-state index contributed by atoms with van der Waals surface area (Å²) in [4.78, 5) is 20.5. The summed E-state index contributed by atoms with van der Waals surface area (Å²) in [5, 5.41) is 6.35. The van der Waals surface area contributed by atoms with Crippen molar-refractivity contribution in [3.8, 4) is 0 Å². The van der Waals surface area contributed by atoms with Gasteiger partial charge < -0.3 is 20.4 Å². The Hall–Kier alpha value is -1.16. The van der Waals surface area contributed by atoms with Gasteiger partial charge in [-0.1, -0.05) is 12.1 Å². The average molecular weight is 503 g/mol. The van der Waals surface area contributed by atoms with Crippen molar-refractivity contribution >= 4 is 53.3 Å². The van der Waals surface area contributed by atoms with E-state index in [-0.39, 0.29) is 34.6 Å². The van der Waals surface area contributed by atoms with E-state index in [1.54, 1.807) is 0 Å². The van der Waals surface area contributed by atoms with Gasteiger partial charge in [-0.15, -0.1) is 24.0 Å². The predicted octanol–water partition coefficient (Wildman–Crippen LogP) is 2.14. The number of piperazine rings is 1. The Morgan fingerprint density at radius 1 is 1.30 bits per heavy atom. The van der Waals surface area contributed by atoms with E-state index in [4.69, 9.17) is 0 Å². The number of rotatable bonds is 3. The first-order chi connectivity index (χ1) is 12.5. The van der Waals surface area contributed by atoms with Crippen LogP contribution in [0.5, 0.6) is 0 Å². The molecule has 1 aromatic carbocycles. The number of amides is 1. The van der Waals surface area contributed by atoms with E-state index in [0.717, 1.165) is 43.6 Å². The lowest BCUT2D eigenvalue weighted by Gasteiger charge is -2.39. The van der Waals surface area contributed by atoms with Gasteiger partial charge in [0.25, 0.3) is 0 Å². The highest BCUT2D eigenvalue weighted by Gasteiger charge is 2.28. The summed E-state index contributed by atoms with van der Waals surface area (Å²) in [7, 11) is 1.85. The zero-order valence-corrected chi connectivity index (χ0v) is 19.5. The van der Waals surface area contributed by atoms with Gasteiger partial charge in [-0.3, -0.25) is 9.79 Å². The summed E-state index contributed by atoms with van der Waals surface area (Å²) in [5.41, 5.74) is 2.31. The number of anilines is 1. The van der Waals surface area contributed by atoms with E-state index in [0.29, 0.717) is 13.1 Å². The van der Waals surface area contributed by atoms with Gasteiger partial charge in [-0.2, -0.15) is 11.8 Å². The monoisotopic (exact) mass is 503 g/mol. The Labute approximate surface area is 183 Å². The number of carbonyl (C=O) groups excluding carboxylic acids is 1. The molecule has 6 nitrogen and oxygen atoms in total. The molecule has 0 bridgehead atoms. The number of thioether (sulfide) groups is 1. The zero-order chi connectivity index (χ0) is 18.6. The van der Waals surface area contributed by atoms with Crippen molar-refractivity contribution in [2.24, 2.45) is 4.99 Å². The Morgan fingerprint density at radius 3 is 2.67 bits per heavy atom. The molecule has 2 aliphatic heterocycles. The second-order valence-corrected chi connectivity index (χ2v) is 9.17. The van der Waals surface area contributed by atoms with Crippen LogP contribution < -0.4 is 15.5 Å². The molecule has 0 aliphatic carbocycles. The Morgan fingerprint density at radius 2 is 2.04 bits per heavy atom. The average Bonchev–Trinajstić information content (AvgIpc) is 2.62. The second kappa shape index (κ2) is 9.86. The van der Waals surface area contributed by atoms with Gasteiger partial charge in [0, 0.05) is 56.0 Å². The summed E-state index contributed by atoms with van der Waals surface area (Å²) in [6.07, 6.45) is 0. The highest BCUT2D eigenvalue weighted by molar-refractivity contribution is 14.0. The lowest BCUT2D eigenvalue weighted by Crippen LogP contribution is -2.50. The van der Waals surface area contributed by atoms with Crippen LogP contribution in [-0.2, 0) is 11.3 Å². The number of carbonyl (C=O) groups is 1. The van der Waals surface area contributed by atoms with Gasteiger partial charge >= 0.3 is 0 Å². The quantitative estimate of drug-likeness (QED) is 0.376. The van der Waals surface area contributed by atoms with Crippen molar-refractivity contribution in [2.45, 2.75) is 25.1 Å². The number of guanidine groups is 1. The first-order valence-corrected chi connectivity index (χ1v) is 10.2. The van der Waals surface area contributed by atoms with Crippen molar-refractivity contribution in [1.29, 1.82) is 0 Å². The Bertz CT molecular complexity index is 665. The minimum absolute atomic E-state index is 0. The van der Waals surface area contributed by atoms with Crippen LogP contribution in [0, 0.1) is 0 Å². The Balaban J connectivity index is 0.00000261. The van der Waals surface area contributed by atoms with Gasteiger partial charge in [0.15, 0.2) is 5.96 Å². The van der Waals surface area contributed by atoms with Crippen LogP contribution in [0.2, 0.25) is 0 Å². The molecule has 1 aromatic rings. The molecular weight excluding hydrogens is 473 g/mol. The smallest absolute Gasteiger partial charge is 0.239 e. The van der Waals surface area contributed by atoms with Gasteiger partial charge in [0.1, 0.15) is 0 Å². The van der Waals surface area contributed by atoms with Crippen molar-refractivity contribution in [3.63, 3.8) is 0 Å². The maximum atomic E-state index is 11.5. The van der Waals surface area contributed by atoms with Crippen LogP contribution in [0.25, 0.3) is 0 Å². The van der Waals surface area contributed by atoms with Crippen molar-refractivity contribution in [1.82, 2.24) is 15.5 Å². The van der Waals surface area contributed by atoms with E-state index < -0.39 is 0 Å². The molecule has 0 atom stereocenters. The molecule has 0 radical (unpaired) electrons. The summed E-state index contributed by atoms with van der Waals surface area (Å²) in [5.74, 6) is 2.19. The summed E-state index contributed by atoms with van der Waals surface area (Å²) in [6, 6.07) is 8.44. The van der Waals surface area contributed by atoms with Gasteiger partial charge in [-0.05, 0) is 31.5 Å². The molecule has 0 saturated carbocycles. The molecule has 0 unspecified atom stereocenters. The van der Waals surface area contributed by atoms with Gasteiger partial charge in [0.05, 0.1) is 6.54 Å². The van der Waals surface area contributed by atoms with Crippen molar-refractivity contribution in [2.75, 3.05) is 50.4 Å². The molecule has 0 aromatic heterocycles. The predicted molar refractivity (Wildman–Crippen MR) is 125 cm³/mol. The fourth-order valence-corrected chi connectivity index (χ4v) is 4.51. The number of nitrogens with zero attached hydrogens (tertiary/aromatic N) is 3. The fraction of sp³-hybridized carbons (Fsp3) is 0.579. The molecule has 2 heterocycles. The molecule has 8 heteroatoms. The highest BCUT2D eigenvalue weighted by atomic mass is 127. The third kappa shape index (κ3) is 6.17. The summed E-state index contributed by atoms with van der Waals surface area (Å²) >= 11 is 2.02. The standard InChI is InChI=1S/C19H29N5OS.HI/c1-19(2)14-24(10-11-26-19)18(20-3)22-12-15-4-6-16(7-5-15)23-9-8-21-17(25)13-23;/h4-7H,8-14H2,1-3H3,(H,20,22)(H,21,25);1H. The molecular formula is C19H30IN5OS. The lowest BCUT2D eigenvalue weighted by atomic mass is 10.1. The lowest BCUT2D eigenvalue weighted by molar-refractivity contribution is -0.120. The number of nitrogens with one attached hydrogen (secondary N) is 2. The number of benzene rings is 1.